The molecule has 68 valence electrons. The molecule has 0 saturated heterocycles. The highest BCUT2D eigenvalue weighted by molar-refractivity contribution is 5.82. The number of aromatic amines is 1. The molecule has 0 amide bonds. The van der Waals surface area contributed by atoms with Crippen LogP contribution < -0.4 is 5.73 Å². The maximum absolute atomic E-state index is 5.50. The first kappa shape index (κ1) is 8.26. The summed E-state index contributed by atoms with van der Waals surface area (Å²) in [6, 6.07) is 4.13. The number of fused-ring (bicyclic) bond motifs is 1. The average Bonchev–Trinajstić information content (AvgIpc) is 2.47. The van der Waals surface area contributed by atoms with E-state index in [-0.39, 0.29) is 0 Å². The van der Waals surface area contributed by atoms with E-state index in [1.54, 1.807) is 0 Å². The van der Waals surface area contributed by atoms with Gasteiger partial charge in [-0.05, 0) is 25.6 Å². The van der Waals surface area contributed by atoms with Crippen molar-refractivity contribution >= 4 is 10.9 Å². The maximum atomic E-state index is 5.50. The number of pyridine rings is 1. The molecule has 0 spiro atoms. The Kier molecular flexibility index (Phi) is 2.02. The van der Waals surface area contributed by atoms with Crippen molar-refractivity contribution in [2.45, 2.75) is 13.3 Å². The van der Waals surface area contributed by atoms with Crippen molar-refractivity contribution in [2.24, 2.45) is 5.73 Å². The van der Waals surface area contributed by atoms with E-state index in [0.717, 1.165) is 17.6 Å². The SMILES string of the molecule is Cc1cc2ccnc(CCN)c2[nH]1. The second-order valence-electron chi connectivity index (χ2n) is 3.21. The van der Waals surface area contributed by atoms with E-state index in [1.165, 1.54) is 11.1 Å². The second kappa shape index (κ2) is 3.18. The number of aryl methyl sites for hydroxylation is 1. The van der Waals surface area contributed by atoms with Crippen molar-refractivity contribution in [1.82, 2.24) is 9.97 Å². The number of nitrogens with two attached hydrogens (primary N) is 1. The summed E-state index contributed by atoms with van der Waals surface area (Å²) in [5, 5.41) is 1.22. The topological polar surface area (TPSA) is 54.7 Å². The predicted molar refractivity (Wildman–Crippen MR) is 53.6 cm³/mol. The maximum Gasteiger partial charge on any atom is 0.0675 e. The largest absolute Gasteiger partial charge is 0.357 e. The Hall–Kier alpha value is -1.35. The summed E-state index contributed by atoms with van der Waals surface area (Å²) >= 11 is 0. The highest BCUT2D eigenvalue weighted by Gasteiger charge is 2.03. The van der Waals surface area contributed by atoms with Gasteiger partial charge in [0.05, 0.1) is 11.2 Å². The minimum absolute atomic E-state index is 0.643. The number of H-pyrrole nitrogens is 1. The number of nitrogens with one attached hydrogen (secondary N) is 1. The van der Waals surface area contributed by atoms with Crippen LogP contribution in [0.5, 0.6) is 0 Å². The van der Waals surface area contributed by atoms with Gasteiger partial charge in [-0.15, -0.1) is 0 Å². The molecule has 3 heteroatoms. The Morgan fingerprint density at radius 3 is 3.15 bits per heavy atom. The fraction of sp³-hybridized carbons (Fsp3) is 0.300. The third kappa shape index (κ3) is 1.42. The molecule has 3 N–H and O–H groups in total. The van der Waals surface area contributed by atoms with E-state index in [9.17, 15) is 0 Å². The molecule has 3 nitrogen and oxygen atoms in total. The van der Waals surface area contributed by atoms with Crippen molar-refractivity contribution in [3.05, 3.63) is 29.7 Å². The Morgan fingerprint density at radius 1 is 1.54 bits per heavy atom. The molecule has 0 fully saturated rings. The summed E-state index contributed by atoms with van der Waals surface area (Å²) in [5.41, 5.74) is 8.87. The van der Waals surface area contributed by atoms with Crippen LogP contribution in [0.15, 0.2) is 18.3 Å². The summed E-state index contributed by atoms with van der Waals surface area (Å²) in [4.78, 5) is 7.59. The van der Waals surface area contributed by atoms with Gasteiger partial charge in [-0.1, -0.05) is 0 Å². The molecule has 0 aromatic carbocycles. The number of aromatic nitrogens is 2. The summed E-state index contributed by atoms with van der Waals surface area (Å²) in [7, 11) is 0. The molecule has 2 heterocycles. The first-order valence-corrected chi connectivity index (χ1v) is 4.44. The lowest BCUT2D eigenvalue weighted by Gasteiger charge is -1.98. The van der Waals surface area contributed by atoms with Crippen LogP contribution in [0.3, 0.4) is 0 Å². The Balaban J connectivity index is 2.60. The van der Waals surface area contributed by atoms with Gasteiger partial charge in [0.15, 0.2) is 0 Å². The molecule has 0 radical (unpaired) electrons. The fourth-order valence-corrected chi connectivity index (χ4v) is 1.58. The molecule has 2 aromatic rings. The lowest BCUT2D eigenvalue weighted by Crippen LogP contribution is -2.04. The van der Waals surface area contributed by atoms with E-state index in [4.69, 9.17) is 5.73 Å². The normalized spacial score (nSPS) is 10.9. The quantitative estimate of drug-likeness (QED) is 0.724. The number of nitrogens with zero attached hydrogens (tertiary/aromatic N) is 1. The van der Waals surface area contributed by atoms with Crippen LogP contribution in [-0.4, -0.2) is 16.5 Å². The molecule has 0 saturated carbocycles. The van der Waals surface area contributed by atoms with E-state index >= 15 is 0 Å². The fourth-order valence-electron chi connectivity index (χ4n) is 1.58. The predicted octanol–water partition coefficient (Wildman–Crippen LogP) is 1.37. The number of hydrogen-bond donors (Lipinski definition) is 2. The third-order valence-electron chi connectivity index (χ3n) is 2.14. The molecule has 2 aromatic heterocycles. The highest BCUT2D eigenvalue weighted by Crippen LogP contribution is 2.17. The van der Waals surface area contributed by atoms with Crippen molar-refractivity contribution in [3.8, 4) is 0 Å². The summed E-state index contributed by atoms with van der Waals surface area (Å²) < 4.78 is 0. The first-order chi connectivity index (χ1) is 6.31. The smallest absolute Gasteiger partial charge is 0.0675 e. The van der Waals surface area contributed by atoms with E-state index in [1.807, 2.05) is 19.2 Å². The molecule has 0 aliphatic rings. The zero-order valence-electron chi connectivity index (χ0n) is 7.67. The number of rotatable bonds is 2. The van der Waals surface area contributed by atoms with Gasteiger partial charge in [0.25, 0.3) is 0 Å². The van der Waals surface area contributed by atoms with Crippen LogP contribution >= 0.6 is 0 Å². The monoisotopic (exact) mass is 175 g/mol. The zero-order valence-corrected chi connectivity index (χ0v) is 7.67. The molecule has 0 aliphatic heterocycles. The third-order valence-corrected chi connectivity index (χ3v) is 2.14. The summed E-state index contributed by atoms with van der Waals surface area (Å²) in [6.45, 7) is 2.69. The Morgan fingerprint density at radius 2 is 2.38 bits per heavy atom. The lowest BCUT2D eigenvalue weighted by molar-refractivity contribution is 0.931. The highest BCUT2D eigenvalue weighted by atomic mass is 14.8. The van der Waals surface area contributed by atoms with Crippen LogP contribution in [0.25, 0.3) is 10.9 Å². The minimum Gasteiger partial charge on any atom is -0.357 e. The molecule has 0 aliphatic carbocycles. The van der Waals surface area contributed by atoms with Gasteiger partial charge in [0.2, 0.25) is 0 Å². The van der Waals surface area contributed by atoms with Crippen molar-refractivity contribution in [1.29, 1.82) is 0 Å². The van der Waals surface area contributed by atoms with Crippen LogP contribution in [0.2, 0.25) is 0 Å². The van der Waals surface area contributed by atoms with E-state index in [0.29, 0.717) is 6.54 Å². The average molecular weight is 175 g/mol. The lowest BCUT2D eigenvalue weighted by atomic mass is 10.2. The molecule has 0 bridgehead atoms. The van der Waals surface area contributed by atoms with E-state index in [2.05, 4.69) is 16.0 Å². The van der Waals surface area contributed by atoms with Gasteiger partial charge in [-0.2, -0.15) is 0 Å². The Labute approximate surface area is 77.0 Å². The molecular weight excluding hydrogens is 162 g/mol. The number of hydrogen-bond acceptors (Lipinski definition) is 2. The molecule has 0 atom stereocenters. The standard InChI is InChI=1S/C10H13N3/c1-7-6-8-3-5-12-9(2-4-11)10(8)13-7/h3,5-6,13H,2,4,11H2,1H3. The Bertz CT molecular complexity index is 417. The molecule has 0 unspecified atom stereocenters. The van der Waals surface area contributed by atoms with Gasteiger partial charge in [0, 0.05) is 23.7 Å². The van der Waals surface area contributed by atoms with Crippen LogP contribution in [0.1, 0.15) is 11.4 Å². The van der Waals surface area contributed by atoms with Gasteiger partial charge in [-0.25, -0.2) is 0 Å². The van der Waals surface area contributed by atoms with Crippen LogP contribution in [0, 0.1) is 6.92 Å². The summed E-state index contributed by atoms with van der Waals surface area (Å²) in [5.74, 6) is 0. The molecule has 13 heavy (non-hydrogen) atoms. The van der Waals surface area contributed by atoms with Gasteiger partial charge in [0.1, 0.15) is 0 Å². The zero-order chi connectivity index (χ0) is 9.26. The van der Waals surface area contributed by atoms with Crippen LogP contribution in [0.4, 0.5) is 0 Å². The minimum atomic E-state index is 0.643. The van der Waals surface area contributed by atoms with Gasteiger partial charge in [-0.3, -0.25) is 4.98 Å². The van der Waals surface area contributed by atoms with Crippen molar-refractivity contribution < 1.29 is 0 Å². The van der Waals surface area contributed by atoms with Gasteiger partial charge < -0.3 is 10.7 Å². The van der Waals surface area contributed by atoms with E-state index < -0.39 is 0 Å². The molecule has 2 rings (SSSR count). The van der Waals surface area contributed by atoms with Crippen molar-refractivity contribution in [3.63, 3.8) is 0 Å². The van der Waals surface area contributed by atoms with Crippen LogP contribution in [-0.2, 0) is 6.42 Å². The first-order valence-electron chi connectivity index (χ1n) is 4.44. The second-order valence-corrected chi connectivity index (χ2v) is 3.21. The molecular formula is C10H13N3. The van der Waals surface area contributed by atoms with Crippen molar-refractivity contribution in [2.75, 3.05) is 6.54 Å². The summed E-state index contributed by atoms with van der Waals surface area (Å²) in [6.07, 6.45) is 2.66. The van der Waals surface area contributed by atoms with Gasteiger partial charge >= 0.3 is 0 Å².